The summed E-state index contributed by atoms with van der Waals surface area (Å²) >= 11 is 0. The van der Waals surface area contributed by atoms with E-state index in [0.717, 1.165) is 43.9 Å². The molecule has 0 aliphatic carbocycles. The first kappa shape index (κ1) is 22.0. The molecule has 1 fully saturated rings. The number of nitrogens with one attached hydrogen (secondary N) is 2. The van der Waals surface area contributed by atoms with E-state index >= 15 is 0 Å². The van der Waals surface area contributed by atoms with Crippen LogP contribution in [0.1, 0.15) is 10.4 Å². The predicted octanol–water partition coefficient (Wildman–Crippen LogP) is -0.132. The van der Waals surface area contributed by atoms with Crippen molar-refractivity contribution in [3.63, 3.8) is 0 Å². The van der Waals surface area contributed by atoms with Crippen LogP contribution in [0.3, 0.4) is 0 Å². The summed E-state index contributed by atoms with van der Waals surface area (Å²) in [7, 11) is 1.58. The van der Waals surface area contributed by atoms with Gasteiger partial charge in [-0.05, 0) is 12.1 Å². The first-order valence-electron chi connectivity index (χ1n) is 11.2. The lowest BCUT2D eigenvalue weighted by Gasteiger charge is -2.27. The van der Waals surface area contributed by atoms with Crippen LogP contribution in [0, 0.1) is 0 Å². The number of hydrogen-bond acceptors (Lipinski definition) is 10. The predicted molar refractivity (Wildman–Crippen MR) is 126 cm³/mol. The zero-order valence-electron chi connectivity index (χ0n) is 19.0. The highest BCUT2D eigenvalue weighted by atomic mass is 16.5. The summed E-state index contributed by atoms with van der Waals surface area (Å²) in [5, 5.41) is 7.58. The van der Waals surface area contributed by atoms with Crippen LogP contribution in [0.5, 0.6) is 11.5 Å². The molecule has 178 valence electrons. The molecule has 0 saturated carbocycles. The maximum Gasteiger partial charge on any atom is 0.283 e. The van der Waals surface area contributed by atoms with Crippen molar-refractivity contribution in [3.05, 3.63) is 35.7 Å². The lowest BCUT2D eigenvalue weighted by Crippen LogP contribution is -2.44. The summed E-state index contributed by atoms with van der Waals surface area (Å²) in [5.41, 5.74) is 6.59. The summed E-state index contributed by atoms with van der Waals surface area (Å²) in [6, 6.07) is 3.85. The van der Waals surface area contributed by atoms with Crippen molar-refractivity contribution in [1.29, 1.82) is 0 Å². The molecule has 2 aliphatic heterocycles. The van der Waals surface area contributed by atoms with E-state index in [0.29, 0.717) is 36.7 Å². The van der Waals surface area contributed by atoms with E-state index in [4.69, 9.17) is 20.2 Å². The van der Waals surface area contributed by atoms with E-state index in [2.05, 4.69) is 30.5 Å². The number of carbonyl (C=O) groups is 1. The number of nitrogen functional groups attached to an aromatic ring is 1. The standard InChI is InChI=1S/C22H27N9O3/c1-33-18-16(34-11-10-30-7-4-24-5-8-30)3-2-15-17(18)28-22(31-9-6-25-19(15)31)29-20(32)14-12-26-21(23)27-13-14/h2-3,12-13,24-25H,4-11H2,1H3,(H2,23,26,27). The summed E-state index contributed by atoms with van der Waals surface area (Å²) in [4.78, 5) is 31.8. The van der Waals surface area contributed by atoms with Crippen molar-refractivity contribution >= 4 is 28.6 Å². The average Bonchev–Trinajstić information content (AvgIpc) is 3.35. The topological polar surface area (TPSA) is 145 Å². The minimum absolute atomic E-state index is 0.0917. The van der Waals surface area contributed by atoms with Crippen LogP contribution < -0.4 is 31.5 Å². The minimum Gasteiger partial charge on any atom is -0.491 e. The molecule has 0 unspecified atom stereocenters. The normalized spacial score (nSPS) is 16.3. The van der Waals surface area contributed by atoms with Crippen molar-refractivity contribution in [3.8, 4) is 11.5 Å². The van der Waals surface area contributed by atoms with Crippen molar-refractivity contribution in [2.45, 2.75) is 6.54 Å². The fraction of sp³-hybridized carbons (Fsp3) is 0.409. The summed E-state index contributed by atoms with van der Waals surface area (Å²) in [6.07, 6.45) is 2.70. The Balaban J connectivity index is 1.50. The van der Waals surface area contributed by atoms with Crippen molar-refractivity contribution in [2.75, 3.05) is 64.0 Å². The maximum atomic E-state index is 12.7. The minimum atomic E-state index is -0.504. The Morgan fingerprint density at radius 3 is 2.74 bits per heavy atom. The fourth-order valence-corrected chi connectivity index (χ4v) is 4.17. The Labute approximate surface area is 195 Å². The lowest BCUT2D eigenvalue weighted by molar-refractivity contribution is 0.0996. The van der Waals surface area contributed by atoms with Crippen LogP contribution in [-0.4, -0.2) is 83.3 Å². The largest absolute Gasteiger partial charge is 0.491 e. The number of hydrogen-bond donors (Lipinski definition) is 3. The Bertz CT molecular complexity index is 1270. The molecule has 12 heteroatoms. The third kappa shape index (κ3) is 4.37. The van der Waals surface area contributed by atoms with Crippen LogP contribution in [0.2, 0.25) is 0 Å². The SMILES string of the molecule is COc1c(OCCN2CCNCC2)ccc2c3n(c(=NC(=O)c4cnc(N)nc4)nc12)CCN3. The number of amides is 1. The van der Waals surface area contributed by atoms with E-state index in [1.54, 1.807) is 7.11 Å². The fourth-order valence-electron chi connectivity index (χ4n) is 4.17. The number of methoxy groups -OCH3 is 1. The Morgan fingerprint density at radius 1 is 1.18 bits per heavy atom. The molecule has 0 spiro atoms. The van der Waals surface area contributed by atoms with Crippen LogP contribution in [0.4, 0.5) is 11.8 Å². The molecule has 5 rings (SSSR count). The molecule has 4 heterocycles. The summed E-state index contributed by atoms with van der Waals surface area (Å²) in [5.74, 6) is 1.53. The Hall–Kier alpha value is -3.77. The van der Waals surface area contributed by atoms with Gasteiger partial charge in [-0.25, -0.2) is 15.0 Å². The second-order valence-electron chi connectivity index (χ2n) is 8.02. The number of nitrogens with zero attached hydrogens (tertiary/aromatic N) is 6. The van der Waals surface area contributed by atoms with Crippen LogP contribution >= 0.6 is 0 Å². The van der Waals surface area contributed by atoms with Crippen molar-refractivity contribution < 1.29 is 14.3 Å². The highest BCUT2D eigenvalue weighted by molar-refractivity contribution is 5.96. The molecule has 2 aliphatic rings. The van der Waals surface area contributed by atoms with E-state index < -0.39 is 5.91 Å². The first-order chi connectivity index (χ1) is 16.6. The second kappa shape index (κ2) is 9.61. The molecular formula is C22H27N9O3. The van der Waals surface area contributed by atoms with Gasteiger partial charge in [0.25, 0.3) is 5.91 Å². The van der Waals surface area contributed by atoms with Gasteiger partial charge in [-0.3, -0.25) is 14.3 Å². The van der Waals surface area contributed by atoms with E-state index in [9.17, 15) is 4.79 Å². The van der Waals surface area contributed by atoms with Gasteiger partial charge in [0.1, 0.15) is 17.9 Å². The van der Waals surface area contributed by atoms with Crippen LogP contribution in [-0.2, 0) is 6.54 Å². The van der Waals surface area contributed by atoms with Gasteiger partial charge < -0.3 is 25.8 Å². The number of rotatable bonds is 6. The third-order valence-corrected chi connectivity index (χ3v) is 5.90. The van der Waals surface area contributed by atoms with Gasteiger partial charge >= 0.3 is 0 Å². The number of carbonyl (C=O) groups excluding carboxylic acids is 1. The quantitative estimate of drug-likeness (QED) is 0.450. The van der Waals surface area contributed by atoms with Crippen molar-refractivity contribution in [2.24, 2.45) is 4.99 Å². The lowest BCUT2D eigenvalue weighted by atomic mass is 10.2. The van der Waals surface area contributed by atoms with Gasteiger partial charge in [0.2, 0.25) is 11.6 Å². The van der Waals surface area contributed by atoms with Gasteiger partial charge in [-0.1, -0.05) is 0 Å². The van der Waals surface area contributed by atoms with E-state index in [-0.39, 0.29) is 17.1 Å². The summed E-state index contributed by atoms with van der Waals surface area (Å²) < 4.78 is 13.7. The van der Waals surface area contributed by atoms with E-state index in [1.807, 2.05) is 16.7 Å². The van der Waals surface area contributed by atoms with E-state index in [1.165, 1.54) is 12.4 Å². The number of ether oxygens (including phenoxy) is 2. The molecular weight excluding hydrogens is 438 g/mol. The number of piperazine rings is 1. The molecule has 4 N–H and O–H groups in total. The molecule has 2 aromatic heterocycles. The molecule has 0 radical (unpaired) electrons. The highest BCUT2D eigenvalue weighted by Crippen LogP contribution is 2.37. The first-order valence-corrected chi connectivity index (χ1v) is 11.2. The molecule has 0 atom stereocenters. The monoisotopic (exact) mass is 465 g/mol. The number of nitrogens with two attached hydrogens (primary N) is 1. The smallest absolute Gasteiger partial charge is 0.283 e. The maximum absolute atomic E-state index is 12.7. The highest BCUT2D eigenvalue weighted by Gasteiger charge is 2.21. The number of benzene rings is 1. The molecule has 1 amide bonds. The Kier molecular flexibility index (Phi) is 6.23. The molecule has 1 saturated heterocycles. The van der Waals surface area contributed by atoms with Gasteiger partial charge in [0.15, 0.2) is 11.5 Å². The molecule has 1 aromatic carbocycles. The molecule has 3 aromatic rings. The van der Waals surface area contributed by atoms with Crippen LogP contribution in [0.25, 0.3) is 10.9 Å². The number of fused-ring (bicyclic) bond motifs is 3. The second-order valence-corrected chi connectivity index (χ2v) is 8.02. The summed E-state index contributed by atoms with van der Waals surface area (Å²) in [6.45, 7) is 6.70. The van der Waals surface area contributed by atoms with Gasteiger partial charge in [0.05, 0.1) is 12.7 Å². The average molecular weight is 466 g/mol. The Morgan fingerprint density at radius 2 is 1.97 bits per heavy atom. The molecule has 0 bridgehead atoms. The number of aromatic nitrogens is 4. The van der Waals surface area contributed by atoms with Gasteiger partial charge in [0, 0.05) is 63.6 Å². The zero-order valence-corrected chi connectivity index (χ0v) is 19.0. The molecule has 34 heavy (non-hydrogen) atoms. The van der Waals surface area contributed by atoms with Crippen molar-refractivity contribution in [1.82, 2.24) is 29.7 Å². The third-order valence-electron chi connectivity index (χ3n) is 5.90. The van der Waals surface area contributed by atoms with Gasteiger partial charge in [-0.2, -0.15) is 4.99 Å². The zero-order chi connectivity index (χ0) is 23.5. The van der Waals surface area contributed by atoms with Gasteiger partial charge in [-0.15, -0.1) is 0 Å². The molecule has 12 nitrogen and oxygen atoms in total. The van der Waals surface area contributed by atoms with Crippen LogP contribution in [0.15, 0.2) is 29.5 Å². The number of anilines is 2.